The van der Waals surface area contributed by atoms with Crippen molar-refractivity contribution in [2.75, 3.05) is 39.3 Å². The third-order valence-corrected chi connectivity index (χ3v) is 7.09. The van der Waals surface area contributed by atoms with Crippen LogP contribution in [0.1, 0.15) is 61.7 Å². The van der Waals surface area contributed by atoms with Crippen LogP contribution in [-0.4, -0.2) is 66.9 Å². The number of ketones is 1. The van der Waals surface area contributed by atoms with Gasteiger partial charge in [-0.05, 0) is 63.6 Å². The summed E-state index contributed by atoms with van der Waals surface area (Å²) in [4.78, 5) is 29.3. The molecular formula is C24H34N2O3. The number of rotatable bonds is 7. The second-order valence-corrected chi connectivity index (χ2v) is 9.14. The van der Waals surface area contributed by atoms with Gasteiger partial charge in [0.2, 0.25) is 5.91 Å². The predicted octanol–water partition coefficient (Wildman–Crippen LogP) is 3.53. The van der Waals surface area contributed by atoms with Gasteiger partial charge in [-0.1, -0.05) is 30.3 Å². The van der Waals surface area contributed by atoms with E-state index in [0.717, 1.165) is 83.4 Å². The number of Topliss-reactive ketones (excluding diaryl/α,β-unsaturated/α-hetero) is 1. The van der Waals surface area contributed by atoms with Crippen molar-refractivity contribution in [3.8, 4) is 0 Å². The Bertz CT molecular complexity index is 691. The molecule has 0 radical (unpaired) electrons. The summed E-state index contributed by atoms with van der Waals surface area (Å²) in [5.41, 5.74) is 1.12. The van der Waals surface area contributed by atoms with Crippen LogP contribution >= 0.6 is 0 Å². The SMILES string of the molecule is O=C(CCCN1CCC2(CCC(=O)N(CC3CCCO3)C2)CC1)c1ccccc1. The highest BCUT2D eigenvalue weighted by Gasteiger charge is 2.41. The molecule has 0 saturated carbocycles. The van der Waals surface area contributed by atoms with E-state index in [1.165, 1.54) is 0 Å². The fraction of sp³-hybridized carbons (Fsp3) is 0.667. The smallest absolute Gasteiger partial charge is 0.222 e. The Kier molecular flexibility index (Phi) is 6.66. The maximum Gasteiger partial charge on any atom is 0.222 e. The standard InChI is InChI=1S/C24H34N2O3/c27-22(20-6-2-1-3-7-20)9-4-14-25-15-12-24(13-16-25)11-10-23(28)26(19-24)18-21-8-5-17-29-21/h1-3,6-7,21H,4-5,8-19H2. The van der Waals surface area contributed by atoms with Gasteiger partial charge in [0.05, 0.1) is 6.10 Å². The minimum absolute atomic E-state index is 0.245. The minimum atomic E-state index is 0.245. The monoisotopic (exact) mass is 398 g/mol. The maximum absolute atomic E-state index is 12.4. The molecule has 5 heteroatoms. The zero-order chi connectivity index (χ0) is 20.1. The zero-order valence-electron chi connectivity index (χ0n) is 17.5. The third kappa shape index (κ3) is 5.26. The summed E-state index contributed by atoms with van der Waals surface area (Å²) in [7, 11) is 0. The van der Waals surface area contributed by atoms with Crippen LogP contribution in [-0.2, 0) is 9.53 Å². The molecule has 29 heavy (non-hydrogen) atoms. The van der Waals surface area contributed by atoms with Crippen LogP contribution in [0.4, 0.5) is 0 Å². The fourth-order valence-electron chi connectivity index (χ4n) is 5.19. The molecular weight excluding hydrogens is 364 g/mol. The molecule has 3 aliphatic heterocycles. The van der Waals surface area contributed by atoms with Gasteiger partial charge in [0, 0.05) is 38.1 Å². The van der Waals surface area contributed by atoms with Crippen molar-refractivity contribution in [3.63, 3.8) is 0 Å². The molecule has 1 aromatic carbocycles. The molecule has 5 nitrogen and oxygen atoms in total. The largest absolute Gasteiger partial charge is 0.376 e. The van der Waals surface area contributed by atoms with E-state index in [2.05, 4.69) is 9.80 Å². The molecule has 3 fully saturated rings. The van der Waals surface area contributed by atoms with Crippen molar-refractivity contribution in [1.82, 2.24) is 9.80 Å². The average molecular weight is 399 g/mol. The van der Waals surface area contributed by atoms with Gasteiger partial charge < -0.3 is 14.5 Å². The summed E-state index contributed by atoms with van der Waals surface area (Å²) in [6.07, 6.45) is 8.05. The highest BCUT2D eigenvalue weighted by Crippen LogP contribution is 2.40. The molecule has 1 unspecified atom stereocenters. The number of hydrogen-bond donors (Lipinski definition) is 0. The minimum Gasteiger partial charge on any atom is -0.376 e. The van der Waals surface area contributed by atoms with Crippen LogP contribution in [0.3, 0.4) is 0 Å². The highest BCUT2D eigenvalue weighted by atomic mass is 16.5. The lowest BCUT2D eigenvalue weighted by Gasteiger charge is -2.48. The molecule has 3 saturated heterocycles. The van der Waals surface area contributed by atoms with Crippen LogP contribution in [0.2, 0.25) is 0 Å². The van der Waals surface area contributed by atoms with Gasteiger partial charge in [-0.25, -0.2) is 0 Å². The van der Waals surface area contributed by atoms with Gasteiger partial charge in [-0.3, -0.25) is 9.59 Å². The topological polar surface area (TPSA) is 49.9 Å². The normalized spacial score (nSPS) is 24.9. The second kappa shape index (κ2) is 9.40. The number of nitrogens with zero attached hydrogens (tertiary/aromatic N) is 2. The lowest BCUT2D eigenvalue weighted by molar-refractivity contribution is -0.141. The molecule has 158 valence electrons. The molecule has 1 spiro atoms. The number of piperidine rings is 2. The van der Waals surface area contributed by atoms with Crippen molar-refractivity contribution in [2.24, 2.45) is 5.41 Å². The number of carbonyl (C=O) groups excluding carboxylic acids is 2. The number of likely N-dealkylation sites (tertiary alicyclic amines) is 2. The van der Waals surface area contributed by atoms with E-state index in [4.69, 9.17) is 4.74 Å². The molecule has 1 atom stereocenters. The molecule has 0 N–H and O–H groups in total. The van der Waals surface area contributed by atoms with Gasteiger partial charge in [0.1, 0.15) is 0 Å². The Morgan fingerprint density at radius 1 is 1.14 bits per heavy atom. The molecule has 1 amide bonds. The van der Waals surface area contributed by atoms with E-state index < -0.39 is 0 Å². The molecule has 0 aliphatic carbocycles. The summed E-state index contributed by atoms with van der Waals surface area (Å²) in [6, 6.07) is 9.60. The number of carbonyl (C=O) groups is 2. The molecule has 4 rings (SSSR count). The van der Waals surface area contributed by atoms with Crippen LogP contribution in [0, 0.1) is 5.41 Å². The number of amides is 1. The summed E-state index contributed by atoms with van der Waals surface area (Å²) < 4.78 is 5.76. The van der Waals surface area contributed by atoms with Crippen LogP contribution in [0.5, 0.6) is 0 Å². The average Bonchev–Trinajstić information content (AvgIpc) is 3.26. The van der Waals surface area contributed by atoms with Crippen molar-refractivity contribution < 1.29 is 14.3 Å². The summed E-state index contributed by atoms with van der Waals surface area (Å²) in [5, 5.41) is 0. The van der Waals surface area contributed by atoms with E-state index in [0.29, 0.717) is 24.2 Å². The van der Waals surface area contributed by atoms with Crippen LogP contribution in [0.25, 0.3) is 0 Å². The molecule has 1 aromatic rings. The first-order valence-electron chi connectivity index (χ1n) is 11.3. The van der Waals surface area contributed by atoms with Crippen LogP contribution in [0.15, 0.2) is 30.3 Å². The van der Waals surface area contributed by atoms with Gasteiger partial charge in [0.15, 0.2) is 5.78 Å². The lowest BCUT2D eigenvalue weighted by atomic mass is 9.72. The van der Waals surface area contributed by atoms with Crippen LogP contribution < -0.4 is 0 Å². The first kappa shape index (κ1) is 20.5. The van der Waals surface area contributed by atoms with E-state index in [1.807, 2.05) is 30.3 Å². The Balaban J connectivity index is 1.21. The Labute approximate surface area is 174 Å². The van der Waals surface area contributed by atoms with E-state index in [9.17, 15) is 9.59 Å². The van der Waals surface area contributed by atoms with Crippen molar-refractivity contribution in [2.45, 2.75) is 57.5 Å². The van der Waals surface area contributed by atoms with Crippen molar-refractivity contribution in [3.05, 3.63) is 35.9 Å². The summed E-state index contributed by atoms with van der Waals surface area (Å²) >= 11 is 0. The van der Waals surface area contributed by atoms with E-state index in [-0.39, 0.29) is 11.9 Å². The Morgan fingerprint density at radius 2 is 1.93 bits per heavy atom. The zero-order valence-corrected chi connectivity index (χ0v) is 17.5. The quantitative estimate of drug-likeness (QED) is 0.660. The second-order valence-electron chi connectivity index (χ2n) is 9.14. The molecule has 3 heterocycles. The Morgan fingerprint density at radius 3 is 2.66 bits per heavy atom. The molecule has 0 aromatic heterocycles. The number of hydrogen-bond acceptors (Lipinski definition) is 4. The first-order chi connectivity index (χ1) is 14.1. The third-order valence-electron chi connectivity index (χ3n) is 7.09. The van der Waals surface area contributed by atoms with Gasteiger partial charge in [0.25, 0.3) is 0 Å². The van der Waals surface area contributed by atoms with Crippen molar-refractivity contribution >= 4 is 11.7 Å². The summed E-state index contributed by atoms with van der Waals surface area (Å²) in [6.45, 7) is 5.70. The van der Waals surface area contributed by atoms with Crippen molar-refractivity contribution in [1.29, 1.82) is 0 Å². The Hall–Kier alpha value is -1.72. The first-order valence-corrected chi connectivity index (χ1v) is 11.3. The van der Waals surface area contributed by atoms with E-state index in [1.54, 1.807) is 0 Å². The highest BCUT2D eigenvalue weighted by molar-refractivity contribution is 5.95. The fourth-order valence-corrected chi connectivity index (χ4v) is 5.19. The molecule has 3 aliphatic rings. The number of ether oxygens (including phenoxy) is 1. The van der Waals surface area contributed by atoms with Gasteiger partial charge in [-0.2, -0.15) is 0 Å². The molecule has 0 bridgehead atoms. The van der Waals surface area contributed by atoms with E-state index >= 15 is 0 Å². The predicted molar refractivity (Wildman–Crippen MR) is 113 cm³/mol. The van der Waals surface area contributed by atoms with Gasteiger partial charge >= 0.3 is 0 Å². The summed E-state index contributed by atoms with van der Waals surface area (Å²) in [5.74, 6) is 0.558. The lowest BCUT2D eigenvalue weighted by Crippen LogP contribution is -2.53. The maximum atomic E-state index is 12.4. The van der Waals surface area contributed by atoms with Gasteiger partial charge in [-0.15, -0.1) is 0 Å². The number of benzene rings is 1.